The molecule has 1 aromatic heterocycles. The topological polar surface area (TPSA) is 106 Å². The van der Waals surface area contributed by atoms with E-state index >= 15 is 0 Å². The van der Waals surface area contributed by atoms with Crippen LogP contribution in [0.4, 0.5) is 0 Å². The smallest absolute Gasteiger partial charge is 0.202 e. The molecule has 28 heavy (non-hydrogen) atoms. The summed E-state index contributed by atoms with van der Waals surface area (Å²) in [6, 6.07) is 12.7. The monoisotopic (exact) mass is 383 g/mol. The Labute approximate surface area is 163 Å². The molecule has 6 nitrogen and oxygen atoms in total. The van der Waals surface area contributed by atoms with Gasteiger partial charge in [0.2, 0.25) is 11.8 Å². The first-order chi connectivity index (χ1) is 13.3. The average Bonchev–Trinajstić information content (AvgIpc) is 2.90. The van der Waals surface area contributed by atoms with Crippen LogP contribution in [-0.4, -0.2) is 36.2 Å². The Morgan fingerprint density at radius 3 is 1.89 bits per heavy atom. The fraction of sp³-hybridized carbons (Fsp3) is 0.273. The van der Waals surface area contributed by atoms with E-state index in [1.807, 2.05) is 6.92 Å². The van der Waals surface area contributed by atoms with Crippen molar-refractivity contribution in [1.29, 1.82) is 0 Å². The minimum atomic E-state index is -0.586. The van der Waals surface area contributed by atoms with Gasteiger partial charge in [-0.3, -0.25) is 4.57 Å². The third-order valence-corrected chi connectivity index (χ3v) is 5.13. The number of nitrogens with zero attached hydrogens (tertiary/aromatic N) is 1. The highest BCUT2D eigenvalue weighted by Crippen LogP contribution is 2.44. The largest absolute Gasteiger partial charge is 0.508 e. The first kappa shape index (κ1) is 19.6. The number of phenolic OH excluding ortho intramolecular Hbond substituents is 2. The molecule has 6 heteroatoms. The number of aromatic hydroxyl groups is 4. The zero-order valence-electron chi connectivity index (χ0n) is 15.9. The Hall–Kier alpha value is -3.12. The van der Waals surface area contributed by atoms with E-state index < -0.39 is 6.10 Å². The van der Waals surface area contributed by atoms with E-state index in [1.54, 1.807) is 43.3 Å². The molecule has 5 N–H and O–H groups in total. The van der Waals surface area contributed by atoms with Crippen molar-refractivity contribution in [2.45, 2.75) is 38.7 Å². The number of hydrogen-bond acceptors (Lipinski definition) is 5. The van der Waals surface area contributed by atoms with Gasteiger partial charge in [-0.2, -0.15) is 0 Å². The van der Waals surface area contributed by atoms with Crippen molar-refractivity contribution in [2.75, 3.05) is 0 Å². The molecule has 0 radical (unpaired) electrons. The molecule has 0 amide bonds. The maximum absolute atomic E-state index is 11.0. The molecule has 0 spiro atoms. The van der Waals surface area contributed by atoms with Gasteiger partial charge in [0.05, 0.1) is 11.8 Å². The second kappa shape index (κ2) is 7.86. The number of phenols is 2. The van der Waals surface area contributed by atoms with Crippen molar-refractivity contribution in [3.05, 3.63) is 65.2 Å². The van der Waals surface area contributed by atoms with Crippen molar-refractivity contribution in [3.8, 4) is 28.9 Å². The highest BCUT2D eigenvalue weighted by Gasteiger charge is 2.29. The van der Waals surface area contributed by atoms with Crippen molar-refractivity contribution in [2.24, 2.45) is 0 Å². The van der Waals surface area contributed by atoms with Crippen LogP contribution >= 0.6 is 0 Å². The number of benzene rings is 2. The van der Waals surface area contributed by atoms with E-state index in [2.05, 4.69) is 0 Å². The minimum Gasteiger partial charge on any atom is -0.508 e. The summed E-state index contributed by atoms with van der Waals surface area (Å²) in [5.74, 6) is -0.390. The predicted octanol–water partition coefficient (Wildman–Crippen LogP) is 3.90. The number of aliphatic hydroxyl groups is 1. The SMILES string of the molecule is CCC(O)CC(c1ccc(O)cc1)c1c(C)c(O)n(-c2ccc(O)cc2)c1O. The normalized spacial score (nSPS) is 13.4. The van der Waals surface area contributed by atoms with Crippen molar-refractivity contribution in [1.82, 2.24) is 4.57 Å². The summed E-state index contributed by atoms with van der Waals surface area (Å²) < 4.78 is 1.32. The van der Waals surface area contributed by atoms with Gasteiger partial charge < -0.3 is 25.5 Å². The Kier molecular flexibility index (Phi) is 5.51. The Bertz CT molecular complexity index is 945. The molecule has 0 saturated carbocycles. The molecule has 2 atom stereocenters. The van der Waals surface area contributed by atoms with Gasteiger partial charge in [-0.15, -0.1) is 0 Å². The second-order valence-electron chi connectivity index (χ2n) is 6.98. The number of hydrogen-bond donors (Lipinski definition) is 5. The van der Waals surface area contributed by atoms with E-state index in [4.69, 9.17) is 0 Å². The zero-order valence-corrected chi connectivity index (χ0v) is 15.9. The molecule has 2 unspecified atom stereocenters. The first-order valence-electron chi connectivity index (χ1n) is 9.23. The molecule has 0 bridgehead atoms. The van der Waals surface area contributed by atoms with Crippen LogP contribution in [0, 0.1) is 6.92 Å². The average molecular weight is 383 g/mol. The molecule has 0 aliphatic carbocycles. The van der Waals surface area contributed by atoms with Crippen molar-refractivity contribution < 1.29 is 25.5 Å². The number of rotatable bonds is 6. The van der Waals surface area contributed by atoms with E-state index in [-0.39, 0.29) is 29.2 Å². The highest BCUT2D eigenvalue weighted by atomic mass is 16.3. The van der Waals surface area contributed by atoms with Gasteiger partial charge in [-0.1, -0.05) is 19.1 Å². The van der Waals surface area contributed by atoms with Crippen molar-refractivity contribution in [3.63, 3.8) is 0 Å². The van der Waals surface area contributed by atoms with Crippen molar-refractivity contribution >= 4 is 0 Å². The quantitative estimate of drug-likeness (QED) is 0.444. The summed E-state index contributed by atoms with van der Waals surface area (Å²) in [5.41, 5.74) is 2.34. The second-order valence-corrected chi connectivity index (χ2v) is 6.98. The zero-order chi connectivity index (χ0) is 20.4. The summed E-state index contributed by atoms with van der Waals surface area (Å²) in [4.78, 5) is 0. The third-order valence-electron chi connectivity index (χ3n) is 5.13. The van der Waals surface area contributed by atoms with Gasteiger partial charge in [0.15, 0.2) is 0 Å². The van der Waals surface area contributed by atoms with Crippen LogP contribution in [0.15, 0.2) is 48.5 Å². The van der Waals surface area contributed by atoms with Gasteiger partial charge in [-0.25, -0.2) is 0 Å². The lowest BCUT2D eigenvalue weighted by atomic mass is 9.85. The maximum Gasteiger partial charge on any atom is 0.202 e. The fourth-order valence-corrected chi connectivity index (χ4v) is 3.51. The number of aliphatic hydroxyl groups excluding tert-OH is 1. The molecule has 0 aliphatic heterocycles. The van der Waals surface area contributed by atoms with Crippen LogP contribution in [0.25, 0.3) is 5.69 Å². The minimum absolute atomic E-state index is 0.0832. The summed E-state index contributed by atoms with van der Waals surface area (Å²) in [7, 11) is 0. The third kappa shape index (κ3) is 3.64. The van der Waals surface area contributed by atoms with Crippen LogP contribution < -0.4 is 0 Å². The molecular weight excluding hydrogens is 358 g/mol. The highest BCUT2D eigenvalue weighted by molar-refractivity contribution is 5.56. The van der Waals surface area contributed by atoms with Crippen LogP contribution in [0.1, 0.15) is 42.4 Å². The van der Waals surface area contributed by atoms with Gasteiger partial charge in [0.1, 0.15) is 11.5 Å². The molecule has 0 fully saturated rings. The van der Waals surface area contributed by atoms with Crippen LogP contribution in [0.2, 0.25) is 0 Å². The van der Waals surface area contributed by atoms with Crippen LogP contribution in [0.3, 0.4) is 0 Å². The van der Waals surface area contributed by atoms with E-state index in [0.717, 1.165) is 5.56 Å². The van der Waals surface area contributed by atoms with Gasteiger partial charge in [0.25, 0.3) is 0 Å². The molecule has 3 aromatic rings. The molecule has 2 aromatic carbocycles. The lowest BCUT2D eigenvalue weighted by molar-refractivity contribution is 0.154. The van der Waals surface area contributed by atoms with Gasteiger partial charge in [0, 0.05) is 17.0 Å². The molecule has 148 valence electrons. The summed E-state index contributed by atoms with van der Waals surface area (Å²) in [6.07, 6.45) is 0.324. The van der Waals surface area contributed by atoms with E-state index in [0.29, 0.717) is 29.7 Å². The number of aromatic nitrogens is 1. The standard InChI is InChI=1S/C22H25NO5/c1-3-16(24)12-19(14-4-8-17(25)9-5-14)20-13(2)21(27)23(22(20)28)15-6-10-18(26)11-7-15/h4-11,16,19,24-28H,3,12H2,1-2H3. The lowest BCUT2D eigenvalue weighted by Gasteiger charge is -2.21. The van der Waals surface area contributed by atoms with Gasteiger partial charge in [-0.05, 0) is 61.7 Å². The van der Waals surface area contributed by atoms with Crippen LogP contribution in [0.5, 0.6) is 23.3 Å². The van der Waals surface area contributed by atoms with E-state index in [1.165, 1.54) is 16.7 Å². The van der Waals surface area contributed by atoms with E-state index in [9.17, 15) is 25.5 Å². The Balaban J connectivity index is 2.15. The maximum atomic E-state index is 11.0. The lowest BCUT2D eigenvalue weighted by Crippen LogP contribution is -2.13. The molecule has 1 heterocycles. The summed E-state index contributed by atoms with van der Waals surface area (Å²) >= 11 is 0. The fourth-order valence-electron chi connectivity index (χ4n) is 3.51. The summed E-state index contributed by atoms with van der Waals surface area (Å²) in [5, 5.41) is 51.1. The summed E-state index contributed by atoms with van der Waals surface area (Å²) in [6.45, 7) is 3.59. The molecule has 3 rings (SSSR count). The Morgan fingerprint density at radius 2 is 1.36 bits per heavy atom. The molecule has 0 aliphatic rings. The first-order valence-corrected chi connectivity index (χ1v) is 9.23. The van der Waals surface area contributed by atoms with Gasteiger partial charge >= 0.3 is 0 Å². The Morgan fingerprint density at radius 1 is 0.821 bits per heavy atom. The molecular formula is C22H25NO5. The predicted molar refractivity (Wildman–Crippen MR) is 106 cm³/mol. The van der Waals surface area contributed by atoms with Crippen LogP contribution in [-0.2, 0) is 0 Å². The molecule has 0 saturated heterocycles.